The highest BCUT2D eigenvalue weighted by atomic mass is 16.5. The number of fused-ring (bicyclic) bond motifs is 10. The number of anilines is 3. The summed E-state index contributed by atoms with van der Waals surface area (Å²) < 4.78 is 16.0. The van der Waals surface area contributed by atoms with E-state index in [9.17, 15) is 0 Å². The maximum atomic E-state index is 7.26. The maximum absolute atomic E-state index is 7.26. The molecule has 5 heterocycles. The molecule has 2 aliphatic rings. The Morgan fingerprint density at radius 3 is 1.85 bits per heavy atom. The van der Waals surface area contributed by atoms with Crippen LogP contribution in [0.5, 0.6) is 11.5 Å². The summed E-state index contributed by atoms with van der Waals surface area (Å²) in [6, 6.07) is 75.0. The van der Waals surface area contributed by atoms with E-state index < -0.39 is 0 Å². The van der Waals surface area contributed by atoms with Crippen molar-refractivity contribution in [2.45, 2.75) is 52.4 Å². The number of rotatable bonds is 5. The number of ether oxygens (including phenoxy) is 1. The zero-order valence-electron chi connectivity index (χ0n) is 41.9. The smallest absolute Gasteiger partial charge is 0.256 e. The molecule has 3 aromatic heterocycles. The van der Waals surface area contributed by atoms with Gasteiger partial charge in [0.2, 0.25) is 0 Å². The topological polar surface area (TPSA) is 43.4 Å². The Hall–Kier alpha value is -8.61. The molecule has 73 heavy (non-hydrogen) atoms. The fourth-order valence-corrected chi connectivity index (χ4v) is 11.7. The highest BCUT2D eigenvalue weighted by molar-refractivity contribution is 6.99. The Morgan fingerprint density at radius 1 is 0.438 bits per heavy atom. The van der Waals surface area contributed by atoms with Crippen LogP contribution in [0.2, 0.25) is 0 Å². The molecule has 2 aliphatic heterocycles. The van der Waals surface area contributed by atoms with Gasteiger partial charge in [0.05, 0.1) is 22.4 Å². The van der Waals surface area contributed by atoms with Crippen LogP contribution in [0.3, 0.4) is 0 Å². The van der Waals surface area contributed by atoms with Crippen molar-refractivity contribution in [3.05, 3.63) is 217 Å². The third-order valence-electron chi connectivity index (χ3n) is 15.4. The van der Waals surface area contributed by atoms with Gasteiger partial charge in [0.1, 0.15) is 28.5 Å². The molecule has 0 unspecified atom stereocenters. The summed E-state index contributed by atoms with van der Waals surface area (Å²) in [5.74, 6) is 2.66. The second-order valence-corrected chi connectivity index (χ2v) is 21.9. The van der Waals surface area contributed by atoms with Crippen molar-refractivity contribution in [1.29, 1.82) is 0 Å². The molecule has 0 N–H and O–H groups in total. The van der Waals surface area contributed by atoms with E-state index in [2.05, 4.69) is 245 Å². The molecule has 0 radical (unpaired) electrons. The van der Waals surface area contributed by atoms with Gasteiger partial charge in [-0.05, 0) is 116 Å². The molecule has 14 rings (SSSR count). The highest BCUT2D eigenvalue weighted by Crippen LogP contribution is 2.50. The number of para-hydroxylation sites is 3. The normalized spacial score (nSPS) is 13.1. The molecular weight excluding hydrogens is 890 g/mol. The van der Waals surface area contributed by atoms with E-state index in [-0.39, 0.29) is 17.5 Å². The van der Waals surface area contributed by atoms with Crippen LogP contribution < -0.4 is 26.0 Å². The van der Waals surface area contributed by atoms with Crippen LogP contribution in [0.25, 0.3) is 83.1 Å². The molecule has 350 valence electrons. The van der Waals surface area contributed by atoms with Crippen LogP contribution >= 0.6 is 0 Å². The Kier molecular flexibility index (Phi) is 9.44. The summed E-state index contributed by atoms with van der Waals surface area (Å²) in [5, 5.41) is 4.48. The zero-order chi connectivity index (χ0) is 49.3. The third kappa shape index (κ3) is 6.80. The predicted molar refractivity (Wildman–Crippen MR) is 305 cm³/mol. The van der Waals surface area contributed by atoms with Crippen molar-refractivity contribution in [3.8, 4) is 50.8 Å². The SMILES string of the molecule is CC(C)(C)c1ccc2c(c1)Oc1cc(C(C)(C)C)cc3c1B2c1cc(-c2cccc(-n4c5ccccc5c5cc6oc7ccccc7c6cc54)n2)ccc1N3c1c(-c2ccccc2)cccc1-c1ccccc1. The molecule has 0 atom stereocenters. The average Bonchev–Trinajstić information content (AvgIpc) is 3.94. The molecule has 0 amide bonds. The minimum atomic E-state index is -0.166. The molecule has 0 saturated heterocycles. The second kappa shape index (κ2) is 15.9. The first-order valence-corrected chi connectivity index (χ1v) is 25.5. The number of hydrogen-bond donors (Lipinski definition) is 0. The highest BCUT2D eigenvalue weighted by Gasteiger charge is 2.44. The van der Waals surface area contributed by atoms with Gasteiger partial charge in [-0.3, -0.25) is 4.57 Å². The molecule has 9 aromatic carbocycles. The number of aromatic nitrogens is 2. The zero-order valence-corrected chi connectivity index (χ0v) is 41.9. The molecular formula is C67H52BN3O2. The lowest BCUT2D eigenvalue weighted by molar-refractivity contribution is 0.479. The largest absolute Gasteiger partial charge is 0.458 e. The minimum absolute atomic E-state index is 0.0636. The fourth-order valence-electron chi connectivity index (χ4n) is 11.7. The Balaban J connectivity index is 1.03. The van der Waals surface area contributed by atoms with Gasteiger partial charge in [0.25, 0.3) is 6.71 Å². The summed E-state index contributed by atoms with van der Waals surface area (Å²) >= 11 is 0. The molecule has 0 bridgehead atoms. The van der Waals surface area contributed by atoms with E-state index in [0.717, 1.165) is 117 Å². The van der Waals surface area contributed by atoms with Crippen molar-refractivity contribution in [2.75, 3.05) is 4.90 Å². The average molecular weight is 942 g/mol. The number of pyridine rings is 1. The first-order chi connectivity index (χ1) is 35.5. The fraction of sp³-hybridized carbons (Fsp3) is 0.119. The monoisotopic (exact) mass is 941 g/mol. The number of hydrogen-bond acceptors (Lipinski definition) is 4. The third-order valence-corrected chi connectivity index (χ3v) is 15.4. The summed E-state index contributed by atoms with van der Waals surface area (Å²) in [6.07, 6.45) is 0. The summed E-state index contributed by atoms with van der Waals surface area (Å²) in [5.41, 5.74) is 19.6. The molecule has 5 nitrogen and oxygen atoms in total. The molecule has 0 aliphatic carbocycles. The number of benzene rings is 9. The van der Waals surface area contributed by atoms with Gasteiger partial charge in [-0.1, -0.05) is 187 Å². The van der Waals surface area contributed by atoms with Crippen molar-refractivity contribution < 1.29 is 9.15 Å². The lowest BCUT2D eigenvalue weighted by atomic mass is 9.34. The molecule has 0 saturated carbocycles. The van der Waals surface area contributed by atoms with Gasteiger partial charge in [0, 0.05) is 44.0 Å². The summed E-state index contributed by atoms with van der Waals surface area (Å²) in [7, 11) is 0. The van der Waals surface area contributed by atoms with Gasteiger partial charge in [-0.25, -0.2) is 4.98 Å². The van der Waals surface area contributed by atoms with Crippen LogP contribution in [0, 0.1) is 0 Å². The van der Waals surface area contributed by atoms with E-state index in [1.54, 1.807) is 0 Å². The molecule has 6 heteroatoms. The van der Waals surface area contributed by atoms with Gasteiger partial charge in [-0.2, -0.15) is 0 Å². The standard InChI is InChI=1S/C67H52BN3O2/c1-66(2,3)44-32-33-52-61(37-44)73-62-38-45(67(4,5)6)36-58-64(62)68(52)53-35-43(31-34-56(53)71(58)65-46(41-19-9-7-10-20-41)25-17-26-47(65)42-21-11-8-12-22-42)54-27-18-30-63(69-54)70-55-28-15-13-23-48(55)50-40-60-51(39-57(50)70)49-24-14-16-29-59(49)72-60/h7-40H,1-6H3. The Morgan fingerprint density at radius 2 is 1.11 bits per heavy atom. The van der Waals surface area contributed by atoms with Gasteiger partial charge in [0.15, 0.2) is 0 Å². The van der Waals surface area contributed by atoms with Gasteiger partial charge < -0.3 is 14.1 Å². The molecule has 0 fully saturated rings. The second-order valence-electron chi connectivity index (χ2n) is 21.9. The molecule has 0 spiro atoms. The first kappa shape index (κ1) is 43.2. The van der Waals surface area contributed by atoms with Crippen molar-refractivity contribution in [1.82, 2.24) is 9.55 Å². The van der Waals surface area contributed by atoms with E-state index in [4.69, 9.17) is 14.1 Å². The number of furan rings is 1. The quantitative estimate of drug-likeness (QED) is 0.161. The number of nitrogens with zero attached hydrogens (tertiary/aromatic N) is 3. The minimum Gasteiger partial charge on any atom is -0.458 e. The van der Waals surface area contributed by atoms with Crippen LogP contribution in [-0.2, 0) is 10.8 Å². The van der Waals surface area contributed by atoms with E-state index in [1.807, 2.05) is 12.1 Å². The first-order valence-electron chi connectivity index (χ1n) is 25.5. The van der Waals surface area contributed by atoms with Crippen molar-refractivity contribution >= 4 is 83.9 Å². The molecule has 12 aromatic rings. The predicted octanol–water partition coefficient (Wildman–Crippen LogP) is 16.1. The summed E-state index contributed by atoms with van der Waals surface area (Å²) in [6.45, 7) is 13.6. The van der Waals surface area contributed by atoms with Crippen molar-refractivity contribution in [3.63, 3.8) is 0 Å². The van der Waals surface area contributed by atoms with E-state index >= 15 is 0 Å². The van der Waals surface area contributed by atoms with Crippen LogP contribution in [-0.4, -0.2) is 16.3 Å². The Labute approximate surface area is 426 Å². The van der Waals surface area contributed by atoms with Crippen LogP contribution in [0.1, 0.15) is 52.7 Å². The van der Waals surface area contributed by atoms with Gasteiger partial charge >= 0.3 is 0 Å². The van der Waals surface area contributed by atoms with Gasteiger partial charge in [-0.15, -0.1) is 0 Å². The van der Waals surface area contributed by atoms with Crippen molar-refractivity contribution in [2.24, 2.45) is 0 Å². The lowest BCUT2D eigenvalue weighted by Gasteiger charge is -2.42. The Bertz CT molecular complexity index is 4150. The maximum Gasteiger partial charge on any atom is 0.256 e. The van der Waals surface area contributed by atoms with E-state index in [1.165, 1.54) is 22.1 Å². The van der Waals surface area contributed by atoms with Crippen LogP contribution in [0.15, 0.2) is 211 Å². The lowest BCUT2D eigenvalue weighted by Crippen LogP contribution is -2.59. The van der Waals surface area contributed by atoms with Crippen LogP contribution in [0.4, 0.5) is 17.1 Å². The summed E-state index contributed by atoms with van der Waals surface area (Å²) in [4.78, 5) is 8.15. The van der Waals surface area contributed by atoms with E-state index in [0.29, 0.717) is 0 Å².